The van der Waals surface area contributed by atoms with Gasteiger partial charge in [-0.2, -0.15) is 0 Å². The Balaban J connectivity index is 3.10. The summed E-state index contributed by atoms with van der Waals surface area (Å²) in [6.07, 6.45) is -1.10. The molecular formula is C10H13NO4. The summed E-state index contributed by atoms with van der Waals surface area (Å²) < 4.78 is 9.25. The molecule has 5 nitrogen and oxygen atoms in total. The molecule has 0 bridgehead atoms. The van der Waals surface area contributed by atoms with Crippen LogP contribution < -0.4 is 5.73 Å². The minimum absolute atomic E-state index is 0.281. The molecule has 0 spiro atoms. The Bertz CT molecular complexity index is 364. The van der Waals surface area contributed by atoms with Crippen molar-refractivity contribution in [2.75, 3.05) is 20.0 Å². The number of ether oxygens (including phenoxy) is 2. The molecule has 82 valence electrons. The van der Waals surface area contributed by atoms with Gasteiger partial charge in [0.05, 0.1) is 12.7 Å². The van der Waals surface area contributed by atoms with Crippen molar-refractivity contribution in [3.63, 3.8) is 0 Å². The largest absolute Gasteiger partial charge is 0.465 e. The Labute approximate surface area is 87.4 Å². The van der Waals surface area contributed by atoms with Gasteiger partial charge in [0.25, 0.3) is 0 Å². The number of esters is 1. The summed E-state index contributed by atoms with van der Waals surface area (Å²) in [4.78, 5) is 11.2. The molecule has 0 fully saturated rings. The number of hydrogen-bond donors (Lipinski definition) is 2. The third kappa shape index (κ3) is 2.68. The van der Waals surface area contributed by atoms with Gasteiger partial charge < -0.3 is 20.3 Å². The molecule has 1 rings (SSSR count). The van der Waals surface area contributed by atoms with Crippen LogP contribution in [0.2, 0.25) is 0 Å². The van der Waals surface area contributed by atoms with E-state index in [2.05, 4.69) is 4.74 Å². The van der Waals surface area contributed by atoms with Gasteiger partial charge in [0.15, 0.2) is 6.29 Å². The highest BCUT2D eigenvalue weighted by Gasteiger charge is 2.12. The number of nitrogens with two attached hydrogens (primary N) is 1. The van der Waals surface area contributed by atoms with Crippen LogP contribution in [0.3, 0.4) is 0 Å². The minimum Gasteiger partial charge on any atom is -0.465 e. The first-order valence-electron chi connectivity index (χ1n) is 4.28. The van der Waals surface area contributed by atoms with E-state index >= 15 is 0 Å². The van der Waals surface area contributed by atoms with Crippen LogP contribution in [0.5, 0.6) is 0 Å². The van der Waals surface area contributed by atoms with Gasteiger partial charge in [0.2, 0.25) is 0 Å². The maximum Gasteiger partial charge on any atom is 0.337 e. The molecule has 1 unspecified atom stereocenters. The quantitative estimate of drug-likeness (QED) is 0.436. The van der Waals surface area contributed by atoms with Crippen LogP contribution in [0.1, 0.15) is 22.2 Å². The van der Waals surface area contributed by atoms with Crippen molar-refractivity contribution in [1.29, 1.82) is 0 Å². The third-order valence-corrected chi connectivity index (χ3v) is 1.91. The molecule has 0 saturated carbocycles. The summed E-state index contributed by atoms with van der Waals surface area (Å²) in [5, 5.41) is 9.40. The molecule has 15 heavy (non-hydrogen) atoms. The lowest BCUT2D eigenvalue weighted by Crippen LogP contribution is -2.06. The molecule has 0 radical (unpaired) electrons. The Morgan fingerprint density at radius 3 is 2.60 bits per heavy atom. The first kappa shape index (κ1) is 11.5. The zero-order valence-corrected chi connectivity index (χ0v) is 8.56. The number of rotatable bonds is 3. The van der Waals surface area contributed by atoms with Gasteiger partial charge in [-0.05, 0) is 18.2 Å². The fourth-order valence-electron chi connectivity index (χ4n) is 1.19. The summed E-state index contributed by atoms with van der Waals surface area (Å²) in [6.45, 7) is 0. The number of benzene rings is 1. The Kier molecular flexibility index (Phi) is 3.65. The second kappa shape index (κ2) is 4.77. The lowest BCUT2D eigenvalue weighted by Gasteiger charge is -2.10. The van der Waals surface area contributed by atoms with Crippen LogP contribution in [-0.2, 0) is 9.47 Å². The lowest BCUT2D eigenvalue weighted by atomic mass is 10.1. The van der Waals surface area contributed by atoms with E-state index in [1.807, 2.05) is 0 Å². The van der Waals surface area contributed by atoms with Gasteiger partial charge in [-0.15, -0.1) is 0 Å². The number of carbonyl (C=O) groups excluding carboxylic acids is 1. The van der Waals surface area contributed by atoms with E-state index in [1.54, 1.807) is 0 Å². The zero-order valence-electron chi connectivity index (χ0n) is 8.56. The first-order chi connectivity index (χ1) is 7.08. The van der Waals surface area contributed by atoms with Gasteiger partial charge in [0, 0.05) is 18.4 Å². The molecule has 0 aliphatic rings. The van der Waals surface area contributed by atoms with Gasteiger partial charge in [-0.1, -0.05) is 0 Å². The fraction of sp³-hybridized carbons (Fsp3) is 0.300. The molecule has 5 heteroatoms. The normalized spacial score (nSPS) is 12.2. The van der Waals surface area contributed by atoms with E-state index in [0.29, 0.717) is 11.3 Å². The summed E-state index contributed by atoms with van der Waals surface area (Å²) in [7, 11) is 2.63. The molecule has 0 aromatic heterocycles. The summed E-state index contributed by atoms with van der Waals surface area (Å²) in [6, 6.07) is 4.47. The molecular weight excluding hydrogens is 198 g/mol. The summed E-state index contributed by atoms with van der Waals surface area (Å²) in [5.74, 6) is -0.508. The summed E-state index contributed by atoms with van der Waals surface area (Å²) in [5.41, 5.74) is 6.63. The predicted molar refractivity (Wildman–Crippen MR) is 54.2 cm³/mol. The third-order valence-electron chi connectivity index (χ3n) is 1.91. The average Bonchev–Trinajstić information content (AvgIpc) is 2.26. The van der Waals surface area contributed by atoms with E-state index in [4.69, 9.17) is 10.5 Å². The van der Waals surface area contributed by atoms with Crippen LogP contribution in [-0.4, -0.2) is 25.3 Å². The van der Waals surface area contributed by atoms with E-state index in [-0.39, 0.29) is 5.56 Å². The summed E-state index contributed by atoms with van der Waals surface area (Å²) >= 11 is 0. The van der Waals surface area contributed by atoms with Crippen LogP contribution in [0, 0.1) is 0 Å². The van der Waals surface area contributed by atoms with E-state index < -0.39 is 12.3 Å². The SMILES string of the molecule is COC(=O)c1cc(N)cc(C(O)OC)c1. The number of nitrogen functional groups attached to an aromatic ring is 1. The van der Waals surface area contributed by atoms with Crippen molar-refractivity contribution in [2.24, 2.45) is 0 Å². The Morgan fingerprint density at radius 1 is 1.40 bits per heavy atom. The molecule has 0 aliphatic heterocycles. The zero-order chi connectivity index (χ0) is 11.4. The van der Waals surface area contributed by atoms with Crippen molar-refractivity contribution in [3.05, 3.63) is 29.3 Å². The monoisotopic (exact) mass is 211 g/mol. The fourth-order valence-corrected chi connectivity index (χ4v) is 1.19. The number of methoxy groups -OCH3 is 2. The van der Waals surface area contributed by atoms with E-state index in [9.17, 15) is 9.90 Å². The van der Waals surface area contributed by atoms with Crippen LogP contribution in [0.15, 0.2) is 18.2 Å². The average molecular weight is 211 g/mol. The molecule has 1 aromatic rings. The van der Waals surface area contributed by atoms with Crippen LogP contribution in [0.25, 0.3) is 0 Å². The van der Waals surface area contributed by atoms with Gasteiger partial charge in [-0.3, -0.25) is 0 Å². The molecule has 0 amide bonds. The minimum atomic E-state index is -1.10. The molecule has 0 aliphatic carbocycles. The Morgan fingerprint density at radius 2 is 2.07 bits per heavy atom. The number of aliphatic hydroxyl groups is 1. The van der Waals surface area contributed by atoms with E-state index in [1.165, 1.54) is 32.4 Å². The highest BCUT2D eigenvalue weighted by molar-refractivity contribution is 5.90. The topological polar surface area (TPSA) is 81.8 Å². The molecule has 1 atom stereocenters. The maximum absolute atomic E-state index is 11.2. The van der Waals surface area contributed by atoms with Crippen LogP contribution in [0.4, 0.5) is 5.69 Å². The Hall–Kier alpha value is -1.59. The van der Waals surface area contributed by atoms with Crippen molar-refractivity contribution in [2.45, 2.75) is 6.29 Å². The van der Waals surface area contributed by atoms with Gasteiger partial charge >= 0.3 is 5.97 Å². The number of carbonyl (C=O) groups is 1. The molecule has 3 N–H and O–H groups in total. The molecule has 1 aromatic carbocycles. The standard InChI is InChI=1S/C10H13NO4/c1-14-9(12)6-3-7(10(13)15-2)5-8(11)4-6/h3-5,9,12H,11H2,1-2H3. The molecule has 0 saturated heterocycles. The molecule has 0 heterocycles. The number of hydrogen-bond acceptors (Lipinski definition) is 5. The maximum atomic E-state index is 11.2. The van der Waals surface area contributed by atoms with Crippen molar-refractivity contribution < 1.29 is 19.4 Å². The highest BCUT2D eigenvalue weighted by atomic mass is 16.6. The predicted octanol–water partition coefficient (Wildman–Crippen LogP) is 0.693. The second-order valence-electron chi connectivity index (χ2n) is 2.97. The van der Waals surface area contributed by atoms with Crippen molar-refractivity contribution >= 4 is 11.7 Å². The van der Waals surface area contributed by atoms with Gasteiger partial charge in [0.1, 0.15) is 0 Å². The number of aliphatic hydroxyl groups excluding tert-OH is 1. The second-order valence-corrected chi connectivity index (χ2v) is 2.97. The lowest BCUT2D eigenvalue weighted by molar-refractivity contribution is -0.0769. The van der Waals surface area contributed by atoms with Crippen LogP contribution >= 0.6 is 0 Å². The number of anilines is 1. The first-order valence-corrected chi connectivity index (χ1v) is 4.28. The van der Waals surface area contributed by atoms with E-state index in [0.717, 1.165) is 0 Å². The smallest absolute Gasteiger partial charge is 0.337 e. The van der Waals surface area contributed by atoms with Crippen molar-refractivity contribution in [1.82, 2.24) is 0 Å². The van der Waals surface area contributed by atoms with Gasteiger partial charge in [-0.25, -0.2) is 4.79 Å². The highest BCUT2D eigenvalue weighted by Crippen LogP contribution is 2.19. The van der Waals surface area contributed by atoms with Crippen molar-refractivity contribution in [3.8, 4) is 0 Å².